The van der Waals surface area contributed by atoms with Crippen molar-refractivity contribution in [2.75, 3.05) is 0 Å². The van der Waals surface area contributed by atoms with Gasteiger partial charge >= 0.3 is 5.69 Å². The van der Waals surface area contributed by atoms with Crippen LogP contribution in [0.3, 0.4) is 0 Å². The van der Waals surface area contributed by atoms with Gasteiger partial charge in [0.1, 0.15) is 0 Å². The molecule has 2 aromatic carbocycles. The molecule has 0 aliphatic heterocycles. The molecule has 1 fully saturated rings. The Labute approximate surface area is 157 Å². The molecule has 1 aliphatic carbocycles. The highest BCUT2D eigenvalue weighted by atomic mass is 16.1. The average molecular weight is 358 g/mol. The van der Waals surface area contributed by atoms with Crippen molar-refractivity contribution in [1.82, 2.24) is 19.9 Å². The molecule has 0 unspecified atom stereocenters. The molecule has 0 atom stereocenters. The van der Waals surface area contributed by atoms with Crippen LogP contribution in [-0.2, 0) is 6.54 Å². The maximum absolute atomic E-state index is 12.1. The maximum atomic E-state index is 12.1. The van der Waals surface area contributed by atoms with Crippen LogP contribution in [0, 0.1) is 0 Å². The van der Waals surface area contributed by atoms with Crippen LogP contribution in [0.2, 0.25) is 0 Å². The van der Waals surface area contributed by atoms with Crippen molar-refractivity contribution in [3.63, 3.8) is 0 Å². The molecule has 0 radical (unpaired) electrons. The van der Waals surface area contributed by atoms with E-state index in [-0.39, 0.29) is 5.69 Å². The molecule has 27 heavy (non-hydrogen) atoms. The zero-order valence-corrected chi connectivity index (χ0v) is 15.1. The summed E-state index contributed by atoms with van der Waals surface area (Å²) < 4.78 is 1.63. The first-order chi connectivity index (χ1) is 13.3. The zero-order chi connectivity index (χ0) is 18.2. The largest absolute Gasteiger partial charge is 0.348 e. The van der Waals surface area contributed by atoms with E-state index in [1.807, 2.05) is 24.3 Å². The van der Waals surface area contributed by atoms with Crippen LogP contribution in [0.4, 0.5) is 0 Å². The molecule has 1 aliphatic rings. The molecule has 2 aromatic heterocycles. The Kier molecular flexibility index (Phi) is 4.02. The summed E-state index contributed by atoms with van der Waals surface area (Å²) in [6.07, 6.45) is 5.27. The Morgan fingerprint density at radius 3 is 2.81 bits per heavy atom. The average Bonchev–Trinajstić information content (AvgIpc) is 3.36. The third kappa shape index (κ3) is 2.94. The second kappa shape index (κ2) is 6.67. The number of H-pyrrole nitrogens is 1. The van der Waals surface area contributed by atoms with E-state index < -0.39 is 0 Å². The number of nitrogens with zero attached hydrogens (tertiary/aromatic N) is 2. The van der Waals surface area contributed by atoms with Crippen LogP contribution in [0.1, 0.15) is 31.2 Å². The zero-order valence-electron chi connectivity index (χ0n) is 15.1. The lowest BCUT2D eigenvalue weighted by Gasteiger charge is -2.13. The third-order valence-corrected chi connectivity index (χ3v) is 5.61. The van der Waals surface area contributed by atoms with Gasteiger partial charge in [0, 0.05) is 18.0 Å². The Morgan fingerprint density at radius 2 is 1.93 bits per heavy atom. The summed E-state index contributed by atoms with van der Waals surface area (Å²) in [5.74, 6) is 0. The number of aromatic amines is 1. The summed E-state index contributed by atoms with van der Waals surface area (Å²) >= 11 is 0. The molecule has 5 heteroatoms. The molecule has 0 amide bonds. The van der Waals surface area contributed by atoms with Crippen molar-refractivity contribution < 1.29 is 0 Å². The number of fused-ring (bicyclic) bond motifs is 3. The van der Waals surface area contributed by atoms with Gasteiger partial charge in [0.15, 0.2) is 5.65 Å². The minimum atomic E-state index is -0.206. The van der Waals surface area contributed by atoms with Gasteiger partial charge < -0.3 is 5.32 Å². The fourth-order valence-electron chi connectivity index (χ4n) is 4.23. The van der Waals surface area contributed by atoms with E-state index >= 15 is 0 Å². The summed E-state index contributed by atoms with van der Waals surface area (Å²) in [6, 6.07) is 19.3. The molecule has 2 N–H and O–H groups in total. The van der Waals surface area contributed by atoms with E-state index in [4.69, 9.17) is 0 Å². The standard InChI is InChI=1S/C22H22N4O/c27-22-25-24-21-12-11-19-18(9-4-10-20(19)26(21)22)16-6-3-5-15(13-16)14-23-17-7-1-2-8-17/h3-6,9-13,17,23H,1-2,7-8,14H2,(H,25,27). The summed E-state index contributed by atoms with van der Waals surface area (Å²) in [7, 11) is 0. The Morgan fingerprint density at radius 1 is 1.07 bits per heavy atom. The summed E-state index contributed by atoms with van der Waals surface area (Å²) in [6.45, 7) is 0.898. The minimum Gasteiger partial charge on any atom is -0.310 e. The second-order valence-electron chi connectivity index (χ2n) is 7.36. The molecular formula is C22H22N4O. The van der Waals surface area contributed by atoms with Crippen molar-refractivity contribution >= 4 is 16.6 Å². The Bertz CT molecular complexity index is 1170. The van der Waals surface area contributed by atoms with Crippen LogP contribution in [0.15, 0.2) is 59.4 Å². The van der Waals surface area contributed by atoms with Crippen LogP contribution < -0.4 is 11.0 Å². The smallest absolute Gasteiger partial charge is 0.310 e. The van der Waals surface area contributed by atoms with Crippen molar-refractivity contribution in [2.24, 2.45) is 0 Å². The normalized spacial score (nSPS) is 15.1. The molecule has 0 spiro atoms. The van der Waals surface area contributed by atoms with Crippen LogP contribution >= 0.6 is 0 Å². The maximum Gasteiger partial charge on any atom is 0.348 e. The van der Waals surface area contributed by atoms with E-state index in [0.717, 1.165) is 23.0 Å². The Balaban J connectivity index is 1.55. The van der Waals surface area contributed by atoms with E-state index in [1.54, 1.807) is 4.40 Å². The second-order valence-corrected chi connectivity index (χ2v) is 7.36. The number of benzene rings is 2. The number of aromatic nitrogens is 3. The number of nitrogens with one attached hydrogen (secondary N) is 2. The van der Waals surface area contributed by atoms with Crippen molar-refractivity contribution in [2.45, 2.75) is 38.3 Å². The van der Waals surface area contributed by atoms with Gasteiger partial charge in [-0.15, -0.1) is 0 Å². The number of rotatable bonds is 4. The molecule has 5 nitrogen and oxygen atoms in total. The Hall–Kier alpha value is -2.92. The van der Waals surface area contributed by atoms with E-state index in [1.165, 1.54) is 36.8 Å². The highest BCUT2D eigenvalue weighted by Crippen LogP contribution is 2.29. The van der Waals surface area contributed by atoms with E-state index in [0.29, 0.717) is 11.7 Å². The lowest BCUT2D eigenvalue weighted by molar-refractivity contribution is 0.524. The third-order valence-electron chi connectivity index (χ3n) is 5.61. The van der Waals surface area contributed by atoms with Gasteiger partial charge in [-0.05, 0) is 53.8 Å². The number of hydrogen-bond donors (Lipinski definition) is 2. The first-order valence-electron chi connectivity index (χ1n) is 9.61. The topological polar surface area (TPSA) is 62.2 Å². The molecule has 0 bridgehead atoms. The minimum absolute atomic E-state index is 0.206. The van der Waals surface area contributed by atoms with Gasteiger partial charge in [-0.1, -0.05) is 43.2 Å². The molecule has 136 valence electrons. The lowest BCUT2D eigenvalue weighted by Crippen LogP contribution is -2.25. The van der Waals surface area contributed by atoms with Crippen molar-refractivity contribution in [3.8, 4) is 11.1 Å². The van der Waals surface area contributed by atoms with E-state index in [9.17, 15) is 4.79 Å². The number of pyridine rings is 1. The fourth-order valence-corrected chi connectivity index (χ4v) is 4.23. The molecular weight excluding hydrogens is 336 g/mol. The highest BCUT2D eigenvalue weighted by Gasteiger charge is 2.14. The van der Waals surface area contributed by atoms with Crippen LogP contribution in [0.25, 0.3) is 27.7 Å². The van der Waals surface area contributed by atoms with Gasteiger partial charge in [0.2, 0.25) is 0 Å². The van der Waals surface area contributed by atoms with E-state index in [2.05, 4.69) is 45.8 Å². The van der Waals surface area contributed by atoms with Crippen molar-refractivity contribution in [3.05, 3.63) is 70.6 Å². The summed E-state index contributed by atoms with van der Waals surface area (Å²) in [5.41, 5.74) is 4.89. The van der Waals surface area contributed by atoms with Gasteiger partial charge in [-0.2, -0.15) is 5.10 Å². The predicted octanol–water partition coefficient (Wildman–Crippen LogP) is 3.88. The quantitative estimate of drug-likeness (QED) is 0.582. The fraction of sp³-hybridized carbons (Fsp3) is 0.273. The van der Waals surface area contributed by atoms with Gasteiger partial charge in [0.05, 0.1) is 5.52 Å². The van der Waals surface area contributed by atoms with Crippen LogP contribution in [0.5, 0.6) is 0 Å². The van der Waals surface area contributed by atoms with Gasteiger partial charge in [-0.3, -0.25) is 0 Å². The summed E-state index contributed by atoms with van der Waals surface area (Å²) in [5, 5.41) is 11.3. The first-order valence-corrected chi connectivity index (χ1v) is 9.61. The lowest BCUT2D eigenvalue weighted by atomic mass is 9.98. The molecule has 2 heterocycles. The molecule has 4 aromatic rings. The molecule has 1 saturated carbocycles. The molecule has 5 rings (SSSR count). The first kappa shape index (κ1) is 16.3. The predicted molar refractivity (Wildman–Crippen MR) is 108 cm³/mol. The highest BCUT2D eigenvalue weighted by molar-refractivity contribution is 5.96. The van der Waals surface area contributed by atoms with Crippen molar-refractivity contribution in [1.29, 1.82) is 0 Å². The molecule has 0 saturated heterocycles. The SMILES string of the molecule is O=c1[nH]nc2ccc3c(-c4cccc(CNC5CCCC5)c4)cccc3n12. The monoisotopic (exact) mass is 358 g/mol. The van der Waals surface area contributed by atoms with Crippen LogP contribution in [-0.4, -0.2) is 20.6 Å². The number of hydrogen-bond acceptors (Lipinski definition) is 3. The van der Waals surface area contributed by atoms with Gasteiger partial charge in [-0.25, -0.2) is 14.3 Å². The van der Waals surface area contributed by atoms with Gasteiger partial charge in [0.25, 0.3) is 0 Å². The summed E-state index contributed by atoms with van der Waals surface area (Å²) in [4.78, 5) is 12.1.